The number of benzene rings is 1. The molecule has 1 aromatic carbocycles. The van der Waals surface area contributed by atoms with Gasteiger partial charge in [-0.1, -0.05) is 6.92 Å². The van der Waals surface area contributed by atoms with E-state index in [0.717, 1.165) is 6.42 Å². The molecule has 1 aromatic rings. The molecule has 0 radical (unpaired) electrons. The van der Waals surface area contributed by atoms with E-state index in [1.54, 1.807) is 11.8 Å². The number of rotatable bonds is 5. The van der Waals surface area contributed by atoms with E-state index in [9.17, 15) is 13.2 Å². The largest absolute Gasteiger partial charge is 0.397 e. The number of carbonyl (C=O) groups is 1. The second-order valence-electron chi connectivity index (χ2n) is 4.98. The van der Waals surface area contributed by atoms with Gasteiger partial charge in [-0.15, -0.1) is 0 Å². The lowest BCUT2D eigenvalue weighted by molar-refractivity contribution is -0.119. The summed E-state index contributed by atoms with van der Waals surface area (Å²) >= 11 is 0. The van der Waals surface area contributed by atoms with E-state index in [0.29, 0.717) is 30.9 Å². The molecule has 0 saturated carbocycles. The zero-order valence-electron chi connectivity index (χ0n) is 11.9. The molecule has 1 atom stereocenters. The van der Waals surface area contributed by atoms with Gasteiger partial charge < -0.3 is 16.4 Å². The van der Waals surface area contributed by atoms with Crippen LogP contribution in [-0.4, -0.2) is 33.5 Å². The first kappa shape index (κ1) is 15.6. The van der Waals surface area contributed by atoms with Crippen molar-refractivity contribution in [1.29, 1.82) is 0 Å². The molecule has 0 aromatic heterocycles. The average molecular weight is 312 g/mol. The Morgan fingerprint density at radius 2 is 2.19 bits per heavy atom. The minimum atomic E-state index is -3.57. The zero-order chi connectivity index (χ0) is 15.6. The molecule has 1 heterocycles. The molecule has 1 aliphatic rings. The van der Waals surface area contributed by atoms with Crippen molar-refractivity contribution >= 4 is 27.3 Å². The molecule has 2 rings (SSSR count). The fraction of sp³-hybridized carbons (Fsp3) is 0.462. The Labute approximate surface area is 124 Å². The molecule has 1 amide bonds. The van der Waals surface area contributed by atoms with E-state index in [4.69, 9.17) is 11.5 Å². The first-order valence-corrected chi connectivity index (χ1v) is 8.30. The molecule has 116 valence electrons. The number of nitrogens with two attached hydrogens (primary N) is 2. The summed E-state index contributed by atoms with van der Waals surface area (Å²) in [5, 5.41) is 0. The van der Waals surface area contributed by atoms with Crippen LogP contribution in [0, 0.1) is 0 Å². The summed E-state index contributed by atoms with van der Waals surface area (Å²) in [5.74, 6) is -0.424. The Morgan fingerprint density at radius 1 is 1.48 bits per heavy atom. The van der Waals surface area contributed by atoms with Crippen LogP contribution in [0.1, 0.15) is 19.8 Å². The summed E-state index contributed by atoms with van der Waals surface area (Å²) < 4.78 is 26.6. The van der Waals surface area contributed by atoms with Crippen LogP contribution in [0.4, 0.5) is 11.4 Å². The molecule has 5 N–H and O–H groups in total. The van der Waals surface area contributed by atoms with Gasteiger partial charge in [0.1, 0.15) is 6.04 Å². The fourth-order valence-corrected chi connectivity index (χ4v) is 3.62. The second kappa shape index (κ2) is 5.90. The summed E-state index contributed by atoms with van der Waals surface area (Å²) in [5.41, 5.74) is 12.3. The van der Waals surface area contributed by atoms with Gasteiger partial charge in [0.15, 0.2) is 0 Å². The Kier molecular flexibility index (Phi) is 4.38. The van der Waals surface area contributed by atoms with E-state index in [-0.39, 0.29) is 4.90 Å². The summed E-state index contributed by atoms with van der Waals surface area (Å²) in [4.78, 5) is 13.4. The molecule has 0 bridgehead atoms. The molecule has 1 saturated heterocycles. The summed E-state index contributed by atoms with van der Waals surface area (Å²) in [7, 11) is -3.57. The average Bonchev–Trinajstić information content (AvgIpc) is 2.88. The van der Waals surface area contributed by atoms with Crippen molar-refractivity contribution < 1.29 is 13.2 Å². The van der Waals surface area contributed by atoms with E-state index in [2.05, 4.69) is 4.72 Å². The SMILES string of the molecule is CCNS(=O)(=O)c1ccc(N)c(N2CCCC2C(N)=O)c1. The lowest BCUT2D eigenvalue weighted by Gasteiger charge is -2.26. The fourth-order valence-electron chi connectivity index (χ4n) is 2.56. The monoisotopic (exact) mass is 312 g/mol. The first-order valence-electron chi connectivity index (χ1n) is 6.82. The first-order chi connectivity index (χ1) is 9.86. The molecule has 0 aliphatic carbocycles. The lowest BCUT2D eigenvalue weighted by atomic mass is 10.2. The van der Waals surface area contributed by atoms with E-state index < -0.39 is 22.0 Å². The summed E-state index contributed by atoms with van der Waals surface area (Å²) in [6, 6.07) is 4.04. The van der Waals surface area contributed by atoms with Crippen molar-refractivity contribution in [2.24, 2.45) is 5.73 Å². The minimum Gasteiger partial charge on any atom is -0.397 e. The normalized spacial score (nSPS) is 18.9. The van der Waals surface area contributed by atoms with E-state index in [1.165, 1.54) is 18.2 Å². The molecule has 0 spiro atoms. The van der Waals surface area contributed by atoms with Crippen molar-refractivity contribution in [2.75, 3.05) is 23.7 Å². The van der Waals surface area contributed by atoms with Gasteiger partial charge in [-0.05, 0) is 31.0 Å². The second-order valence-corrected chi connectivity index (χ2v) is 6.74. The molecule has 8 heteroatoms. The Morgan fingerprint density at radius 3 is 2.81 bits per heavy atom. The number of nitrogens with zero attached hydrogens (tertiary/aromatic N) is 1. The van der Waals surface area contributed by atoms with Gasteiger partial charge in [-0.3, -0.25) is 4.79 Å². The standard InChI is InChI=1S/C13H20N4O3S/c1-2-16-21(19,20)9-5-6-10(14)12(8-9)17-7-3-4-11(17)13(15)18/h5-6,8,11,16H,2-4,7,14H2,1H3,(H2,15,18). The van der Waals surface area contributed by atoms with Crippen molar-refractivity contribution in [3.63, 3.8) is 0 Å². The molecule has 1 fully saturated rings. The van der Waals surface area contributed by atoms with E-state index >= 15 is 0 Å². The van der Waals surface area contributed by atoms with Crippen LogP contribution in [0.15, 0.2) is 23.1 Å². The highest BCUT2D eigenvalue weighted by Crippen LogP contribution is 2.32. The molecule has 21 heavy (non-hydrogen) atoms. The number of amides is 1. The van der Waals surface area contributed by atoms with Gasteiger partial charge in [0, 0.05) is 13.1 Å². The number of anilines is 2. The van der Waals surface area contributed by atoms with Crippen molar-refractivity contribution in [1.82, 2.24) is 4.72 Å². The van der Waals surface area contributed by atoms with Crippen LogP contribution in [-0.2, 0) is 14.8 Å². The van der Waals surface area contributed by atoms with Gasteiger partial charge in [0.2, 0.25) is 15.9 Å². The number of nitrogen functional groups attached to an aromatic ring is 1. The number of hydrogen-bond donors (Lipinski definition) is 3. The van der Waals surface area contributed by atoms with Crippen molar-refractivity contribution in [3.05, 3.63) is 18.2 Å². The maximum absolute atomic E-state index is 12.1. The molecule has 1 unspecified atom stereocenters. The Bertz CT molecular complexity index is 645. The van der Waals surface area contributed by atoms with Gasteiger partial charge in [0.25, 0.3) is 0 Å². The maximum atomic E-state index is 12.1. The van der Waals surface area contributed by atoms with Crippen LogP contribution in [0.5, 0.6) is 0 Å². The molecule has 1 aliphatic heterocycles. The minimum absolute atomic E-state index is 0.128. The topological polar surface area (TPSA) is 119 Å². The van der Waals surface area contributed by atoms with Crippen molar-refractivity contribution in [2.45, 2.75) is 30.7 Å². The van der Waals surface area contributed by atoms with Crippen LogP contribution < -0.4 is 21.1 Å². The quantitative estimate of drug-likeness (QED) is 0.662. The summed E-state index contributed by atoms with van der Waals surface area (Å²) in [6.45, 7) is 2.64. The molecular formula is C13H20N4O3S. The third kappa shape index (κ3) is 3.11. The Hall–Kier alpha value is -1.80. The number of nitrogens with one attached hydrogen (secondary N) is 1. The maximum Gasteiger partial charge on any atom is 0.240 e. The van der Waals surface area contributed by atoms with Crippen LogP contribution in [0.3, 0.4) is 0 Å². The molecular weight excluding hydrogens is 292 g/mol. The van der Waals surface area contributed by atoms with Gasteiger partial charge in [-0.2, -0.15) is 0 Å². The van der Waals surface area contributed by atoms with Gasteiger partial charge in [-0.25, -0.2) is 13.1 Å². The predicted octanol–water partition coefficient (Wildman–Crippen LogP) is 0.0211. The third-order valence-corrected chi connectivity index (χ3v) is 5.08. The summed E-state index contributed by atoms with van der Waals surface area (Å²) in [6.07, 6.45) is 1.47. The predicted molar refractivity (Wildman–Crippen MR) is 81.3 cm³/mol. The number of primary amides is 1. The van der Waals surface area contributed by atoms with E-state index in [1.807, 2.05) is 0 Å². The smallest absolute Gasteiger partial charge is 0.240 e. The lowest BCUT2D eigenvalue weighted by Crippen LogP contribution is -2.40. The van der Waals surface area contributed by atoms with Crippen LogP contribution in [0.25, 0.3) is 0 Å². The highest BCUT2D eigenvalue weighted by molar-refractivity contribution is 7.89. The number of carbonyl (C=O) groups excluding carboxylic acids is 1. The Balaban J connectivity index is 2.43. The zero-order valence-corrected chi connectivity index (χ0v) is 12.7. The molecule has 7 nitrogen and oxygen atoms in total. The van der Waals surface area contributed by atoms with Crippen LogP contribution >= 0.6 is 0 Å². The number of sulfonamides is 1. The third-order valence-electron chi connectivity index (χ3n) is 3.54. The van der Waals surface area contributed by atoms with Gasteiger partial charge >= 0.3 is 0 Å². The highest BCUT2D eigenvalue weighted by atomic mass is 32.2. The van der Waals surface area contributed by atoms with Crippen molar-refractivity contribution in [3.8, 4) is 0 Å². The highest BCUT2D eigenvalue weighted by Gasteiger charge is 2.31. The number of hydrogen-bond acceptors (Lipinski definition) is 5. The van der Waals surface area contributed by atoms with Gasteiger partial charge in [0.05, 0.1) is 16.3 Å². The van der Waals surface area contributed by atoms with Crippen LogP contribution in [0.2, 0.25) is 0 Å².